The lowest BCUT2D eigenvalue weighted by Crippen LogP contribution is -2.15. The number of nitrogens with zero attached hydrogens (tertiary/aromatic N) is 3. The number of aryl methyl sites for hydroxylation is 1. The molecule has 0 aliphatic carbocycles. The van der Waals surface area contributed by atoms with Gasteiger partial charge in [-0.2, -0.15) is 0 Å². The molecular weight excluding hydrogens is 380 g/mol. The van der Waals surface area contributed by atoms with Crippen molar-refractivity contribution in [2.45, 2.75) is 44.8 Å². The first kappa shape index (κ1) is 18.5. The molecule has 7 nitrogen and oxygen atoms in total. The second-order valence-corrected chi connectivity index (χ2v) is 7.72. The molecule has 0 saturated carbocycles. The molecule has 2 aromatic carbocycles. The second kappa shape index (κ2) is 7.74. The SMILES string of the molecule is O=C(C[C@H]1OC(=O)c2ccccc21)Nc1cccc(-c2nnc3n2CCCCC3)c1. The van der Waals surface area contributed by atoms with E-state index in [0.29, 0.717) is 11.3 Å². The van der Waals surface area contributed by atoms with E-state index in [1.165, 1.54) is 6.42 Å². The van der Waals surface area contributed by atoms with Gasteiger partial charge in [-0.15, -0.1) is 10.2 Å². The van der Waals surface area contributed by atoms with E-state index in [-0.39, 0.29) is 18.3 Å². The molecule has 0 bridgehead atoms. The molecule has 1 atom stereocenters. The zero-order valence-electron chi connectivity index (χ0n) is 16.5. The average molecular weight is 402 g/mol. The molecule has 0 unspecified atom stereocenters. The fraction of sp³-hybridized carbons (Fsp3) is 0.304. The fourth-order valence-corrected chi connectivity index (χ4v) is 4.19. The van der Waals surface area contributed by atoms with E-state index >= 15 is 0 Å². The van der Waals surface area contributed by atoms with E-state index in [1.54, 1.807) is 12.1 Å². The summed E-state index contributed by atoms with van der Waals surface area (Å²) in [6, 6.07) is 14.8. The average Bonchev–Trinajstić information content (AvgIpc) is 3.20. The molecule has 3 heterocycles. The van der Waals surface area contributed by atoms with Gasteiger partial charge >= 0.3 is 5.97 Å². The Morgan fingerprint density at radius 2 is 2.00 bits per heavy atom. The van der Waals surface area contributed by atoms with Crippen LogP contribution in [-0.4, -0.2) is 26.6 Å². The summed E-state index contributed by atoms with van der Waals surface area (Å²) in [5.74, 6) is 1.28. The summed E-state index contributed by atoms with van der Waals surface area (Å²) in [6.07, 6.45) is 3.94. The number of carbonyl (C=O) groups is 2. The van der Waals surface area contributed by atoms with Gasteiger partial charge < -0.3 is 14.6 Å². The number of carbonyl (C=O) groups excluding carboxylic acids is 2. The Hall–Kier alpha value is -3.48. The van der Waals surface area contributed by atoms with E-state index < -0.39 is 6.10 Å². The lowest BCUT2D eigenvalue weighted by atomic mass is 10.0. The van der Waals surface area contributed by atoms with Crippen molar-refractivity contribution in [3.63, 3.8) is 0 Å². The Bertz CT molecular complexity index is 1120. The predicted molar refractivity (Wildman–Crippen MR) is 111 cm³/mol. The Morgan fingerprint density at radius 3 is 2.93 bits per heavy atom. The third-order valence-electron chi connectivity index (χ3n) is 5.66. The molecule has 5 rings (SSSR count). The van der Waals surface area contributed by atoms with Gasteiger partial charge in [0.05, 0.1) is 12.0 Å². The van der Waals surface area contributed by atoms with Gasteiger partial charge in [0.2, 0.25) is 5.91 Å². The number of hydrogen-bond donors (Lipinski definition) is 1. The van der Waals surface area contributed by atoms with Crippen LogP contribution >= 0.6 is 0 Å². The molecule has 3 aromatic rings. The second-order valence-electron chi connectivity index (χ2n) is 7.72. The van der Waals surface area contributed by atoms with E-state index in [2.05, 4.69) is 20.1 Å². The summed E-state index contributed by atoms with van der Waals surface area (Å²) >= 11 is 0. The van der Waals surface area contributed by atoms with Crippen molar-refractivity contribution < 1.29 is 14.3 Å². The van der Waals surface area contributed by atoms with Gasteiger partial charge in [-0.25, -0.2) is 4.79 Å². The number of esters is 1. The number of amides is 1. The number of rotatable bonds is 4. The molecule has 2 aliphatic heterocycles. The van der Waals surface area contributed by atoms with Crippen molar-refractivity contribution in [3.05, 3.63) is 65.5 Å². The molecule has 0 radical (unpaired) electrons. The molecule has 1 aromatic heterocycles. The van der Waals surface area contributed by atoms with Crippen molar-refractivity contribution in [3.8, 4) is 11.4 Å². The number of anilines is 1. The molecule has 152 valence electrons. The first-order chi connectivity index (χ1) is 14.7. The molecule has 0 spiro atoms. The van der Waals surface area contributed by atoms with Crippen molar-refractivity contribution in [1.29, 1.82) is 0 Å². The fourth-order valence-electron chi connectivity index (χ4n) is 4.19. The minimum Gasteiger partial charge on any atom is -0.453 e. The number of aromatic nitrogens is 3. The van der Waals surface area contributed by atoms with Crippen LogP contribution in [0.2, 0.25) is 0 Å². The van der Waals surface area contributed by atoms with Gasteiger partial charge in [0.25, 0.3) is 0 Å². The van der Waals surface area contributed by atoms with Crippen LogP contribution in [-0.2, 0) is 22.5 Å². The van der Waals surface area contributed by atoms with Crippen LogP contribution in [0.25, 0.3) is 11.4 Å². The number of fused-ring (bicyclic) bond motifs is 2. The maximum atomic E-state index is 12.6. The van der Waals surface area contributed by atoms with Crippen LogP contribution in [0.4, 0.5) is 5.69 Å². The van der Waals surface area contributed by atoms with Crippen LogP contribution in [0, 0.1) is 0 Å². The first-order valence-electron chi connectivity index (χ1n) is 10.3. The van der Waals surface area contributed by atoms with E-state index in [1.807, 2.05) is 36.4 Å². The van der Waals surface area contributed by atoms with Crippen LogP contribution in [0.15, 0.2) is 48.5 Å². The quantitative estimate of drug-likeness (QED) is 0.669. The smallest absolute Gasteiger partial charge is 0.339 e. The molecule has 1 N–H and O–H groups in total. The first-order valence-corrected chi connectivity index (χ1v) is 10.3. The zero-order chi connectivity index (χ0) is 20.5. The summed E-state index contributed by atoms with van der Waals surface area (Å²) in [5, 5.41) is 11.7. The monoisotopic (exact) mass is 402 g/mol. The Morgan fingerprint density at radius 1 is 1.10 bits per heavy atom. The third-order valence-corrected chi connectivity index (χ3v) is 5.66. The van der Waals surface area contributed by atoms with Gasteiger partial charge in [0, 0.05) is 29.8 Å². The lowest BCUT2D eigenvalue weighted by Gasteiger charge is -2.12. The summed E-state index contributed by atoms with van der Waals surface area (Å²) in [5.41, 5.74) is 2.90. The normalized spacial score (nSPS) is 17.6. The lowest BCUT2D eigenvalue weighted by molar-refractivity contribution is -0.118. The van der Waals surface area contributed by atoms with Crippen molar-refractivity contribution in [2.75, 3.05) is 5.32 Å². The maximum absolute atomic E-state index is 12.6. The van der Waals surface area contributed by atoms with E-state index in [4.69, 9.17) is 4.74 Å². The predicted octanol–water partition coefficient (Wildman–Crippen LogP) is 3.91. The highest BCUT2D eigenvalue weighted by atomic mass is 16.5. The van der Waals surface area contributed by atoms with Crippen LogP contribution < -0.4 is 5.32 Å². The Kier molecular flexibility index (Phi) is 4.78. The maximum Gasteiger partial charge on any atom is 0.339 e. The van der Waals surface area contributed by atoms with E-state index in [9.17, 15) is 9.59 Å². The summed E-state index contributed by atoms with van der Waals surface area (Å²) in [7, 11) is 0. The van der Waals surface area contributed by atoms with Gasteiger partial charge in [-0.1, -0.05) is 36.8 Å². The molecule has 0 saturated heterocycles. The zero-order valence-corrected chi connectivity index (χ0v) is 16.5. The number of ether oxygens (including phenoxy) is 1. The molecule has 1 amide bonds. The van der Waals surface area contributed by atoms with Gasteiger partial charge in [-0.3, -0.25) is 4.79 Å². The Labute approximate surface area is 174 Å². The van der Waals surface area contributed by atoms with Crippen LogP contribution in [0.3, 0.4) is 0 Å². The highest BCUT2D eigenvalue weighted by Gasteiger charge is 2.32. The highest BCUT2D eigenvalue weighted by Crippen LogP contribution is 2.33. The molecule has 0 fully saturated rings. The van der Waals surface area contributed by atoms with Crippen molar-refractivity contribution in [2.24, 2.45) is 0 Å². The molecule has 2 aliphatic rings. The number of hydrogen-bond acceptors (Lipinski definition) is 5. The van der Waals surface area contributed by atoms with Crippen molar-refractivity contribution in [1.82, 2.24) is 14.8 Å². The minimum atomic E-state index is -0.552. The summed E-state index contributed by atoms with van der Waals surface area (Å²) in [4.78, 5) is 24.6. The van der Waals surface area contributed by atoms with Crippen LogP contribution in [0.1, 0.15) is 53.5 Å². The largest absolute Gasteiger partial charge is 0.453 e. The molecular formula is C23H22N4O3. The highest BCUT2D eigenvalue weighted by molar-refractivity contribution is 5.96. The number of nitrogens with one attached hydrogen (secondary N) is 1. The third kappa shape index (κ3) is 3.47. The van der Waals surface area contributed by atoms with Crippen LogP contribution in [0.5, 0.6) is 0 Å². The summed E-state index contributed by atoms with van der Waals surface area (Å²) in [6.45, 7) is 0.917. The molecule has 7 heteroatoms. The van der Waals surface area contributed by atoms with Gasteiger partial charge in [0.15, 0.2) is 5.82 Å². The van der Waals surface area contributed by atoms with Gasteiger partial charge in [0.1, 0.15) is 11.9 Å². The topological polar surface area (TPSA) is 86.1 Å². The summed E-state index contributed by atoms with van der Waals surface area (Å²) < 4.78 is 7.56. The molecule has 30 heavy (non-hydrogen) atoms. The Balaban J connectivity index is 1.32. The van der Waals surface area contributed by atoms with Gasteiger partial charge in [-0.05, 0) is 31.0 Å². The van der Waals surface area contributed by atoms with Crippen molar-refractivity contribution >= 4 is 17.6 Å². The number of benzene rings is 2. The minimum absolute atomic E-state index is 0.0767. The van der Waals surface area contributed by atoms with E-state index in [0.717, 1.165) is 48.6 Å². The number of cyclic esters (lactones) is 1. The standard InChI is InChI=1S/C23H22N4O3/c28-21(14-19-17-9-3-4-10-18(17)23(29)30-19)24-16-8-6-7-15(13-16)22-26-25-20-11-2-1-5-12-27(20)22/h3-4,6-10,13,19H,1-2,5,11-12,14H2,(H,24,28)/t19-/m1/s1.